The fourth-order valence-electron chi connectivity index (χ4n) is 3.15. The fourth-order valence-corrected chi connectivity index (χ4v) is 3.15. The molecule has 0 N–H and O–H groups in total. The van der Waals surface area contributed by atoms with E-state index >= 15 is 0 Å². The van der Waals surface area contributed by atoms with Crippen molar-refractivity contribution in [2.75, 3.05) is 6.61 Å². The van der Waals surface area contributed by atoms with Gasteiger partial charge in [0.25, 0.3) is 0 Å². The second-order valence-corrected chi connectivity index (χ2v) is 5.85. The smallest absolute Gasteiger partial charge is 0.330 e. The summed E-state index contributed by atoms with van der Waals surface area (Å²) in [4.78, 5) is 25.3. The summed E-state index contributed by atoms with van der Waals surface area (Å²) in [6, 6.07) is -0.229. The van der Waals surface area contributed by atoms with E-state index in [0.717, 1.165) is 0 Å². The van der Waals surface area contributed by atoms with Crippen molar-refractivity contribution in [2.45, 2.75) is 38.3 Å². The standard InChI is InChI=1S/C19H20F3NO3/c1-3-5-17(24)23-13(7-9-18(25)26-4-2)6-8-16(23)19-14(21)10-12(20)11-15(19)22/h3,7,9-11,13,16H,1,4-6,8H2,2H3/t13-,16+/m1/s1. The molecule has 7 heteroatoms. The number of carbonyl (C=O) groups is 2. The van der Waals surface area contributed by atoms with Crippen molar-refractivity contribution in [2.24, 2.45) is 0 Å². The molecule has 1 aliphatic rings. The lowest BCUT2D eigenvalue weighted by atomic mass is 10.0. The van der Waals surface area contributed by atoms with Gasteiger partial charge in [-0.25, -0.2) is 18.0 Å². The van der Waals surface area contributed by atoms with Crippen LogP contribution >= 0.6 is 0 Å². The van der Waals surface area contributed by atoms with Crippen molar-refractivity contribution >= 4 is 11.9 Å². The van der Waals surface area contributed by atoms with Crippen LogP contribution in [0.1, 0.15) is 37.8 Å². The Kier molecular flexibility index (Phi) is 6.60. The van der Waals surface area contributed by atoms with Crippen LogP contribution in [-0.4, -0.2) is 29.4 Å². The number of likely N-dealkylation sites (tertiary alicyclic amines) is 1. The Morgan fingerprint density at radius 3 is 2.50 bits per heavy atom. The molecule has 0 bridgehead atoms. The van der Waals surface area contributed by atoms with E-state index in [1.54, 1.807) is 6.92 Å². The van der Waals surface area contributed by atoms with Crippen LogP contribution in [0.3, 0.4) is 0 Å². The largest absolute Gasteiger partial charge is 0.463 e. The molecular weight excluding hydrogens is 347 g/mol. The van der Waals surface area contributed by atoms with Gasteiger partial charge >= 0.3 is 5.97 Å². The Bertz CT molecular complexity index is 710. The Labute approximate surface area is 149 Å². The van der Waals surface area contributed by atoms with E-state index in [-0.39, 0.29) is 30.9 Å². The monoisotopic (exact) mass is 367 g/mol. The SMILES string of the molecule is C=CCC(=O)N1[C@@H](C=CC(=O)OCC)CC[C@H]1c1c(F)cc(F)cc1F. The van der Waals surface area contributed by atoms with E-state index in [4.69, 9.17) is 4.74 Å². The molecule has 26 heavy (non-hydrogen) atoms. The van der Waals surface area contributed by atoms with E-state index < -0.39 is 35.5 Å². The van der Waals surface area contributed by atoms with Gasteiger partial charge in [-0.2, -0.15) is 0 Å². The molecule has 0 aliphatic carbocycles. The number of ether oxygens (including phenoxy) is 1. The topological polar surface area (TPSA) is 46.6 Å². The summed E-state index contributed by atoms with van der Waals surface area (Å²) in [5.41, 5.74) is -0.351. The average molecular weight is 367 g/mol. The van der Waals surface area contributed by atoms with Gasteiger partial charge < -0.3 is 9.64 Å². The van der Waals surface area contributed by atoms with Crippen LogP contribution in [0.2, 0.25) is 0 Å². The summed E-state index contributed by atoms with van der Waals surface area (Å²) in [7, 11) is 0. The van der Waals surface area contributed by atoms with Crippen LogP contribution in [0, 0.1) is 17.5 Å². The van der Waals surface area contributed by atoms with Gasteiger partial charge in [0.2, 0.25) is 5.91 Å². The lowest BCUT2D eigenvalue weighted by molar-refractivity contribution is -0.137. The van der Waals surface area contributed by atoms with Crippen molar-refractivity contribution in [3.05, 3.63) is 60.0 Å². The first-order valence-electron chi connectivity index (χ1n) is 8.30. The van der Waals surface area contributed by atoms with Gasteiger partial charge in [-0.1, -0.05) is 12.2 Å². The molecule has 1 aromatic rings. The molecule has 1 fully saturated rings. The second kappa shape index (κ2) is 8.69. The van der Waals surface area contributed by atoms with E-state index in [0.29, 0.717) is 18.6 Å². The highest BCUT2D eigenvalue weighted by atomic mass is 19.1. The lowest BCUT2D eigenvalue weighted by Gasteiger charge is -2.29. The molecule has 4 nitrogen and oxygen atoms in total. The van der Waals surface area contributed by atoms with Crippen molar-refractivity contribution in [3.8, 4) is 0 Å². The number of benzene rings is 1. The zero-order valence-corrected chi connectivity index (χ0v) is 14.4. The van der Waals surface area contributed by atoms with E-state index in [1.807, 2.05) is 0 Å². The van der Waals surface area contributed by atoms with Gasteiger partial charge in [0, 0.05) is 30.2 Å². The number of halogens is 3. The third-order valence-electron chi connectivity index (χ3n) is 4.15. The van der Waals surface area contributed by atoms with E-state index in [2.05, 4.69) is 6.58 Å². The molecular formula is C19H20F3NO3. The van der Waals surface area contributed by atoms with Crippen LogP contribution in [0.15, 0.2) is 36.9 Å². The van der Waals surface area contributed by atoms with Gasteiger partial charge in [0.05, 0.1) is 18.7 Å². The third-order valence-corrected chi connectivity index (χ3v) is 4.15. The van der Waals surface area contributed by atoms with E-state index in [1.165, 1.54) is 23.1 Å². The Morgan fingerprint density at radius 2 is 1.92 bits per heavy atom. The molecule has 0 aromatic heterocycles. The molecule has 0 unspecified atom stereocenters. The Hall–Kier alpha value is -2.57. The first-order chi connectivity index (χ1) is 12.4. The normalized spacial score (nSPS) is 19.8. The summed E-state index contributed by atoms with van der Waals surface area (Å²) in [6.45, 7) is 5.38. The summed E-state index contributed by atoms with van der Waals surface area (Å²) in [5.74, 6) is -4.06. The van der Waals surface area contributed by atoms with Crippen molar-refractivity contribution in [3.63, 3.8) is 0 Å². The number of nitrogens with zero attached hydrogens (tertiary/aromatic N) is 1. The van der Waals surface area contributed by atoms with Gasteiger partial charge in [-0.15, -0.1) is 6.58 Å². The highest BCUT2D eigenvalue weighted by Gasteiger charge is 2.38. The number of carbonyl (C=O) groups excluding carboxylic acids is 2. The first kappa shape index (κ1) is 19.8. The molecule has 1 saturated heterocycles. The quantitative estimate of drug-likeness (QED) is 0.436. The summed E-state index contributed by atoms with van der Waals surface area (Å²) in [6.07, 6.45) is 4.73. The number of hydrogen-bond acceptors (Lipinski definition) is 3. The third kappa shape index (κ3) is 4.33. The van der Waals surface area contributed by atoms with Gasteiger partial charge in [-0.3, -0.25) is 4.79 Å². The van der Waals surface area contributed by atoms with Gasteiger partial charge in [-0.05, 0) is 19.8 Å². The maximum Gasteiger partial charge on any atom is 0.330 e. The van der Waals surface area contributed by atoms with Crippen LogP contribution in [-0.2, 0) is 14.3 Å². The number of amides is 1. The van der Waals surface area contributed by atoms with Gasteiger partial charge in [0.1, 0.15) is 17.5 Å². The Balaban J connectivity index is 2.36. The molecule has 1 amide bonds. The number of rotatable bonds is 6. The second-order valence-electron chi connectivity index (χ2n) is 5.85. The van der Waals surface area contributed by atoms with Crippen LogP contribution in [0.25, 0.3) is 0 Å². The predicted molar refractivity (Wildman–Crippen MR) is 89.5 cm³/mol. The van der Waals surface area contributed by atoms with Crippen LogP contribution in [0.4, 0.5) is 13.2 Å². The Morgan fingerprint density at radius 1 is 1.27 bits per heavy atom. The highest BCUT2D eigenvalue weighted by Crippen LogP contribution is 2.39. The molecule has 1 aromatic carbocycles. The summed E-state index contributed by atoms with van der Waals surface area (Å²) < 4.78 is 46.4. The maximum absolute atomic E-state index is 14.2. The molecule has 1 aliphatic heterocycles. The lowest BCUT2D eigenvalue weighted by Crippen LogP contribution is -2.36. The fraction of sp³-hybridized carbons (Fsp3) is 0.368. The van der Waals surface area contributed by atoms with Crippen molar-refractivity contribution in [1.29, 1.82) is 0 Å². The van der Waals surface area contributed by atoms with Crippen LogP contribution < -0.4 is 0 Å². The minimum absolute atomic E-state index is 0.0231. The summed E-state index contributed by atoms with van der Waals surface area (Å²) >= 11 is 0. The first-order valence-corrected chi connectivity index (χ1v) is 8.30. The minimum atomic E-state index is -1.04. The molecule has 0 saturated carbocycles. The van der Waals surface area contributed by atoms with Gasteiger partial charge in [0.15, 0.2) is 0 Å². The number of esters is 1. The zero-order chi connectivity index (χ0) is 19.3. The molecule has 2 atom stereocenters. The average Bonchev–Trinajstić information content (AvgIpc) is 2.96. The highest BCUT2D eigenvalue weighted by molar-refractivity contribution is 5.83. The number of hydrogen-bond donors (Lipinski definition) is 0. The zero-order valence-electron chi connectivity index (χ0n) is 14.4. The maximum atomic E-state index is 14.2. The molecule has 2 rings (SSSR count). The molecule has 0 radical (unpaired) electrons. The van der Waals surface area contributed by atoms with Crippen molar-refractivity contribution in [1.82, 2.24) is 4.90 Å². The molecule has 1 heterocycles. The summed E-state index contributed by atoms with van der Waals surface area (Å²) in [5, 5.41) is 0. The predicted octanol–water partition coefficient (Wildman–Crippen LogP) is 3.83. The molecule has 140 valence electrons. The van der Waals surface area contributed by atoms with E-state index in [9.17, 15) is 22.8 Å². The van der Waals surface area contributed by atoms with Crippen LogP contribution in [0.5, 0.6) is 0 Å². The van der Waals surface area contributed by atoms with Crippen molar-refractivity contribution < 1.29 is 27.5 Å². The molecule has 0 spiro atoms. The minimum Gasteiger partial charge on any atom is -0.463 e.